The second-order valence-electron chi connectivity index (χ2n) is 6.97. The first-order valence-corrected chi connectivity index (χ1v) is 11.8. The van der Waals surface area contributed by atoms with Crippen molar-refractivity contribution in [1.82, 2.24) is 9.45 Å². The van der Waals surface area contributed by atoms with Gasteiger partial charge in [-0.3, -0.25) is 19.4 Å². The number of hydroxylamine groups is 1. The maximum Gasteiger partial charge on any atom is 0.270 e. The topological polar surface area (TPSA) is 138 Å². The third-order valence-corrected chi connectivity index (χ3v) is 7.31. The first-order valence-electron chi connectivity index (χ1n) is 10.0. The maximum atomic E-state index is 12.9. The lowest BCUT2D eigenvalue weighted by Crippen LogP contribution is -2.37. The highest BCUT2D eigenvalue weighted by molar-refractivity contribution is 7.89. The largest absolute Gasteiger partial charge is 0.504 e. The number of halogens is 1. The van der Waals surface area contributed by atoms with E-state index in [2.05, 4.69) is 15.6 Å². The summed E-state index contributed by atoms with van der Waals surface area (Å²) in [6, 6.07) is 7.57. The standard InChI is InChI=1S/C21H23ClN4O6S/c1-4-13(14-8-6-7-11-23-14)24-16-17(20(29)19(16)28)25-15-10-9-12(22)21(18(15)27)33(30,31)26(5-2)32-3/h6-11,13,24-25,27H,4-5H2,1-3H3. The summed E-state index contributed by atoms with van der Waals surface area (Å²) in [5.74, 6) is -0.714. The molecule has 33 heavy (non-hydrogen) atoms. The Morgan fingerprint density at radius 1 is 1.15 bits per heavy atom. The van der Waals surface area contributed by atoms with Gasteiger partial charge in [0.1, 0.15) is 16.3 Å². The quantitative estimate of drug-likeness (QED) is 0.220. The Labute approximate surface area is 195 Å². The van der Waals surface area contributed by atoms with Gasteiger partial charge in [-0.25, -0.2) is 8.42 Å². The number of rotatable bonds is 10. The van der Waals surface area contributed by atoms with Gasteiger partial charge in [0.05, 0.1) is 29.6 Å². The van der Waals surface area contributed by atoms with Crippen molar-refractivity contribution in [2.24, 2.45) is 0 Å². The summed E-state index contributed by atoms with van der Waals surface area (Å²) in [5.41, 5.74) is -1.06. The summed E-state index contributed by atoms with van der Waals surface area (Å²) in [6.07, 6.45) is 2.20. The van der Waals surface area contributed by atoms with Crippen LogP contribution < -0.4 is 21.5 Å². The van der Waals surface area contributed by atoms with Gasteiger partial charge >= 0.3 is 0 Å². The second-order valence-corrected chi connectivity index (χ2v) is 9.15. The van der Waals surface area contributed by atoms with E-state index in [1.165, 1.54) is 19.2 Å². The molecule has 0 amide bonds. The molecule has 0 radical (unpaired) electrons. The Bertz CT molecular complexity index is 1320. The summed E-state index contributed by atoms with van der Waals surface area (Å²) in [5, 5.41) is 16.1. The molecule has 3 rings (SSSR count). The predicted octanol–water partition coefficient (Wildman–Crippen LogP) is 2.92. The highest BCUT2D eigenvalue weighted by Gasteiger charge is 2.32. The normalized spacial score (nSPS) is 12.8. The minimum Gasteiger partial charge on any atom is -0.504 e. The molecule has 12 heteroatoms. The fraction of sp³-hybridized carbons (Fsp3) is 0.286. The Kier molecular flexibility index (Phi) is 7.38. The van der Waals surface area contributed by atoms with Crippen LogP contribution in [0, 0.1) is 0 Å². The minimum absolute atomic E-state index is 0.0170. The number of nitrogens with one attached hydrogen (secondary N) is 2. The van der Waals surface area contributed by atoms with Gasteiger partial charge in [-0.1, -0.05) is 29.1 Å². The van der Waals surface area contributed by atoms with Gasteiger partial charge in [0.2, 0.25) is 0 Å². The van der Waals surface area contributed by atoms with E-state index in [9.17, 15) is 23.1 Å². The number of aromatic nitrogens is 1. The van der Waals surface area contributed by atoms with E-state index in [1.807, 2.05) is 6.92 Å². The minimum atomic E-state index is -4.31. The van der Waals surface area contributed by atoms with E-state index in [0.29, 0.717) is 16.6 Å². The van der Waals surface area contributed by atoms with Crippen LogP contribution >= 0.6 is 11.6 Å². The molecule has 10 nitrogen and oxygen atoms in total. The maximum absolute atomic E-state index is 12.9. The van der Waals surface area contributed by atoms with Crippen LogP contribution in [0.1, 0.15) is 32.0 Å². The summed E-state index contributed by atoms with van der Waals surface area (Å²) in [7, 11) is -3.14. The molecular weight excluding hydrogens is 472 g/mol. The number of anilines is 3. The Balaban J connectivity index is 1.99. The second kappa shape index (κ2) is 9.87. The average Bonchev–Trinajstić information content (AvgIpc) is 2.80. The van der Waals surface area contributed by atoms with Gasteiger partial charge in [0, 0.05) is 12.7 Å². The summed E-state index contributed by atoms with van der Waals surface area (Å²) in [4.78, 5) is 33.0. The van der Waals surface area contributed by atoms with Crippen LogP contribution in [0.25, 0.3) is 0 Å². The molecule has 1 unspecified atom stereocenters. The van der Waals surface area contributed by atoms with Crippen LogP contribution in [0.4, 0.5) is 17.1 Å². The highest BCUT2D eigenvalue weighted by Crippen LogP contribution is 2.40. The van der Waals surface area contributed by atoms with Crippen LogP contribution in [-0.2, 0) is 14.9 Å². The van der Waals surface area contributed by atoms with E-state index in [-0.39, 0.29) is 34.7 Å². The molecule has 0 saturated carbocycles. The van der Waals surface area contributed by atoms with Crippen molar-refractivity contribution in [3.63, 3.8) is 0 Å². The van der Waals surface area contributed by atoms with E-state index in [1.54, 1.807) is 31.3 Å². The van der Waals surface area contributed by atoms with E-state index < -0.39 is 31.5 Å². The van der Waals surface area contributed by atoms with Crippen LogP contribution in [0.3, 0.4) is 0 Å². The molecule has 0 aliphatic heterocycles. The van der Waals surface area contributed by atoms with Crippen LogP contribution in [0.2, 0.25) is 5.02 Å². The highest BCUT2D eigenvalue weighted by atomic mass is 35.5. The molecule has 3 aromatic rings. The Morgan fingerprint density at radius 3 is 2.42 bits per heavy atom. The molecule has 0 saturated heterocycles. The zero-order chi connectivity index (χ0) is 24.3. The Hall–Kier alpha value is -2.99. The zero-order valence-corrected chi connectivity index (χ0v) is 19.7. The monoisotopic (exact) mass is 494 g/mol. The molecular formula is C21H23ClN4O6S. The van der Waals surface area contributed by atoms with Crippen molar-refractivity contribution in [2.75, 3.05) is 24.3 Å². The fourth-order valence-corrected chi connectivity index (χ4v) is 5.17. The summed E-state index contributed by atoms with van der Waals surface area (Å²) < 4.78 is 26.4. The van der Waals surface area contributed by atoms with Crippen molar-refractivity contribution in [2.45, 2.75) is 31.2 Å². The average molecular weight is 495 g/mol. The third-order valence-electron chi connectivity index (χ3n) is 5.01. The molecule has 0 aliphatic carbocycles. The summed E-state index contributed by atoms with van der Waals surface area (Å²) >= 11 is 6.06. The van der Waals surface area contributed by atoms with Gasteiger partial charge < -0.3 is 15.7 Å². The number of benzene rings is 1. The van der Waals surface area contributed by atoms with E-state index >= 15 is 0 Å². The van der Waals surface area contributed by atoms with Crippen LogP contribution in [0.5, 0.6) is 5.75 Å². The SMILES string of the molecule is CCC(Nc1c(Nc2ccc(Cl)c(S(=O)(=O)N(CC)OC)c2O)c(=O)c1=O)c1ccccn1. The first-order chi connectivity index (χ1) is 15.7. The first kappa shape index (κ1) is 24.6. The third kappa shape index (κ3) is 4.58. The lowest BCUT2D eigenvalue weighted by Gasteiger charge is -2.22. The number of sulfonamides is 1. The van der Waals surface area contributed by atoms with Crippen molar-refractivity contribution in [3.05, 3.63) is 67.7 Å². The zero-order valence-electron chi connectivity index (χ0n) is 18.1. The molecule has 0 aliphatic rings. The summed E-state index contributed by atoms with van der Waals surface area (Å²) in [6.45, 7) is 3.40. The molecule has 3 N–H and O–H groups in total. The van der Waals surface area contributed by atoms with Crippen molar-refractivity contribution >= 4 is 38.7 Å². The van der Waals surface area contributed by atoms with E-state index in [4.69, 9.17) is 16.4 Å². The lowest BCUT2D eigenvalue weighted by molar-refractivity contribution is -0.0443. The van der Waals surface area contributed by atoms with Crippen molar-refractivity contribution < 1.29 is 18.4 Å². The molecule has 1 aromatic heterocycles. The molecule has 0 spiro atoms. The van der Waals surface area contributed by atoms with Gasteiger partial charge in [-0.15, -0.1) is 0 Å². The number of phenols is 1. The van der Waals surface area contributed by atoms with Crippen molar-refractivity contribution in [1.29, 1.82) is 0 Å². The molecule has 0 fully saturated rings. The van der Waals surface area contributed by atoms with Crippen LogP contribution in [0.15, 0.2) is 51.0 Å². The van der Waals surface area contributed by atoms with Crippen LogP contribution in [-0.4, -0.2) is 36.6 Å². The molecule has 1 heterocycles. The van der Waals surface area contributed by atoms with Gasteiger partial charge in [0.15, 0.2) is 5.75 Å². The van der Waals surface area contributed by atoms with Gasteiger partial charge in [-0.2, -0.15) is 0 Å². The Morgan fingerprint density at radius 2 is 1.85 bits per heavy atom. The van der Waals surface area contributed by atoms with Gasteiger partial charge in [-0.05, 0) is 37.6 Å². The predicted molar refractivity (Wildman–Crippen MR) is 125 cm³/mol. The van der Waals surface area contributed by atoms with Crippen molar-refractivity contribution in [3.8, 4) is 5.75 Å². The fourth-order valence-electron chi connectivity index (χ4n) is 3.32. The lowest BCUT2D eigenvalue weighted by atomic mass is 10.1. The molecule has 1 atom stereocenters. The molecule has 0 bridgehead atoms. The number of phenolic OH excluding ortho intramolecular Hbond substituents is 1. The number of nitrogens with zero attached hydrogens (tertiary/aromatic N) is 2. The number of hydrogen-bond donors (Lipinski definition) is 3. The number of hydrogen-bond acceptors (Lipinski definition) is 9. The van der Waals surface area contributed by atoms with E-state index in [0.717, 1.165) is 0 Å². The number of pyridine rings is 1. The molecule has 176 valence electrons. The van der Waals surface area contributed by atoms with Gasteiger partial charge in [0.25, 0.3) is 20.9 Å². The number of aromatic hydroxyl groups is 1. The smallest absolute Gasteiger partial charge is 0.270 e. The molecule has 2 aromatic carbocycles.